The van der Waals surface area contributed by atoms with E-state index in [2.05, 4.69) is 15.9 Å². The van der Waals surface area contributed by atoms with Gasteiger partial charge < -0.3 is 10.5 Å². The number of hydrogen-bond donors (Lipinski definition) is 1. The molecule has 0 aromatic heterocycles. The van der Waals surface area contributed by atoms with Gasteiger partial charge in [0, 0.05) is 20.7 Å². The molecule has 0 fully saturated rings. The summed E-state index contributed by atoms with van der Waals surface area (Å²) in [4.78, 5) is 11.9. The summed E-state index contributed by atoms with van der Waals surface area (Å²) < 4.78 is 18.9. The predicted molar refractivity (Wildman–Crippen MR) is 79.1 cm³/mol. The Morgan fingerprint density at radius 2 is 2.05 bits per heavy atom. The number of carbonyl (C=O) groups excluding carboxylic acids is 1. The van der Waals surface area contributed by atoms with Crippen LogP contribution in [0.4, 0.5) is 10.1 Å². The van der Waals surface area contributed by atoms with E-state index in [0.717, 1.165) is 0 Å². The fraction of sp³-hybridized carbons (Fsp3) is 0.0714. The molecule has 104 valence electrons. The van der Waals surface area contributed by atoms with Gasteiger partial charge in [0.15, 0.2) is 0 Å². The lowest BCUT2D eigenvalue weighted by Gasteiger charge is -2.09. The minimum atomic E-state index is -0.610. The smallest absolute Gasteiger partial charge is 0.340 e. The van der Waals surface area contributed by atoms with Crippen LogP contribution in [0, 0.1) is 5.82 Å². The average molecular weight is 359 g/mol. The molecule has 2 aromatic carbocycles. The Hall–Kier alpha value is -1.59. The quantitative estimate of drug-likeness (QED) is 0.661. The topological polar surface area (TPSA) is 52.3 Å². The third-order valence-corrected chi connectivity index (χ3v) is 3.61. The number of rotatable bonds is 3. The van der Waals surface area contributed by atoms with Crippen LogP contribution in [0.15, 0.2) is 40.9 Å². The number of nitrogen functional groups attached to an aromatic ring is 1. The minimum absolute atomic E-state index is 0.0663. The van der Waals surface area contributed by atoms with Crippen LogP contribution in [-0.4, -0.2) is 5.97 Å². The zero-order valence-corrected chi connectivity index (χ0v) is 12.5. The molecule has 0 aliphatic rings. The molecule has 2 aromatic rings. The number of benzene rings is 2. The molecule has 0 heterocycles. The standard InChI is InChI=1S/C14H10BrClFNO2/c15-12-3-2-10(17)5-8(12)7-20-14(19)11-6-9(16)1-4-13(11)18/h1-6H,7,18H2. The molecule has 0 atom stereocenters. The largest absolute Gasteiger partial charge is 0.457 e. The van der Waals surface area contributed by atoms with E-state index in [0.29, 0.717) is 15.1 Å². The monoisotopic (exact) mass is 357 g/mol. The Bertz CT molecular complexity index is 664. The van der Waals surface area contributed by atoms with Crippen LogP contribution in [0.3, 0.4) is 0 Å². The third-order valence-electron chi connectivity index (χ3n) is 2.60. The van der Waals surface area contributed by atoms with Crippen molar-refractivity contribution in [1.82, 2.24) is 0 Å². The molecule has 2 N–H and O–H groups in total. The number of esters is 1. The van der Waals surface area contributed by atoms with E-state index in [-0.39, 0.29) is 17.9 Å². The summed E-state index contributed by atoms with van der Waals surface area (Å²) in [5.41, 5.74) is 6.67. The molecule has 0 amide bonds. The maximum absolute atomic E-state index is 13.1. The molecular formula is C14H10BrClFNO2. The van der Waals surface area contributed by atoms with Crippen molar-refractivity contribution < 1.29 is 13.9 Å². The summed E-state index contributed by atoms with van der Waals surface area (Å²) in [6.45, 7) is -0.0663. The van der Waals surface area contributed by atoms with Crippen molar-refractivity contribution in [1.29, 1.82) is 0 Å². The number of halogens is 3. The Kier molecular flexibility index (Phi) is 4.62. The van der Waals surface area contributed by atoms with E-state index in [1.54, 1.807) is 12.1 Å². The fourth-order valence-electron chi connectivity index (χ4n) is 1.58. The van der Waals surface area contributed by atoms with Crippen molar-refractivity contribution >= 4 is 39.2 Å². The normalized spacial score (nSPS) is 10.3. The van der Waals surface area contributed by atoms with E-state index in [4.69, 9.17) is 22.1 Å². The molecule has 6 heteroatoms. The molecule has 0 aliphatic carbocycles. The van der Waals surface area contributed by atoms with Gasteiger partial charge in [0.25, 0.3) is 0 Å². The molecule has 20 heavy (non-hydrogen) atoms. The lowest BCUT2D eigenvalue weighted by atomic mass is 10.2. The molecule has 0 spiro atoms. The second-order valence-corrected chi connectivity index (χ2v) is 5.33. The highest BCUT2D eigenvalue weighted by Crippen LogP contribution is 2.22. The number of carbonyl (C=O) groups is 1. The Morgan fingerprint density at radius 1 is 1.30 bits per heavy atom. The van der Waals surface area contributed by atoms with Gasteiger partial charge in [-0.3, -0.25) is 0 Å². The van der Waals surface area contributed by atoms with E-state index in [9.17, 15) is 9.18 Å². The first-order chi connectivity index (χ1) is 9.47. The predicted octanol–water partition coefficient (Wildman–Crippen LogP) is 4.18. The first kappa shape index (κ1) is 14.8. The van der Waals surface area contributed by atoms with Crippen molar-refractivity contribution in [3.8, 4) is 0 Å². The maximum atomic E-state index is 13.1. The Morgan fingerprint density at radius 3 is 2.80 bits per heavy atom. The molecule has 0 bridgehead atoms. The van der Waals surface area contributed by atoms with E-state index >= 15 is 0 Å². The summed E-state index contributed by atoms with van der Waals surface area (Å²) in [5.74, 6) is -1.01. The molecule has 0 saturated carbocycles. The number of ether oxygens (including phenoxy) is 1. The van der Waals surface area contributed by atoms with Crippen molar-refractivity contribution in [3.63, 3.8) is 0 Å². The van der Waals surface area contributed by atoms with Gasteiger partial charge in [-0.25, -0.2) is 9.18 Å². The van der Waals surface area contributed by atoms with Crippen LogP contribution in [0.1, 0.15) is 15.9 Å². The third kappa shape index (κ3) is 3.49. The second kappa shape index (κ2) is 6.24. The van der Waals surface area contributed by atoms with E-state index in [1.165, 1.54) is 24.3 Å². The summed E-state index contributed by atoms with van der Waals surface area (Å²) in [5, 5.41) is 0.387. The van der Waals surface area contributed by atoms with Gasteiger partial charge in [0.05, 0.1) is 5.56 Å². The van der Waals surface area contributed by atoms with Gasteiger partial charge in [-0.1, -0.05) is 27.5 Å². The average Bonchev–Trinajstić information content (AvgIpc) is 2.42. The second-order valence-electron chi connectivity index (χ2n) is 4.04. The molecule has 3 nitrogen and oxygen atoms in total. The first-order valence-corrected chi connectivity index (χ1v) is 6.80. The van der Waals surface area contributed by atoms with Crippen molar-refractivity contribution in [2.24, 2.45) is 0 Å². The molecule has 0 aliphatic heterocycles. The highest BCUT2D eigenvalue weighted by molar-refractivity contribution is 9.10. The molecular weight excluding hydrogens is 349 g/mol. The van der Waals surface area contributed by atoms with Crippen molar-refractivity contribution in [3.05, 3.63) is 62.8 Å². The zero-order valence-electron chi connectivity index (χ0n) is 10.2. The van der Waals surface area contributed by atoms with Crippen LogP contribution in [-0.2, 0) is 11.3 Å². The van der Waals surface area contributed by atoms with Crippen LogP contribution in [0.5, 0.6) is 0 Å². The summed E-state index contributed by atoms with van der Waals surface area (Å²) >= 11 is 9.06. The van der Waals surface area contributed by atoms with Gasteiger partial charge in [0.1, 0.15) is 12.4 Å². The van der Waals surface area contributed by atoms with Crippen LogP contribution >= 0.6 is 27.5 Å². The lowest BCUT2D eigenvalue weighted by Crippen LogP contribution is -2.08. The highest BCUT2D eigenvalue weighted by Gasteiger charge is 2.13. The molecule has 0 radical (unpaired) electrons. The van der Waals surface area contributed by atoms with Gasteiger partial charge in [-0.2, -0.15) is 0 Å². The van der Waals surface area contributed by atoms with Gasteiger partial charge in [-0.15, -0.1) is 0 Å². The number of nitrogens with two attached hydrogens (primary N) is 1. The van der Waals surface area contributed by atoms with Gasteiger partial charge in [0.2, 0.25) is 0 Å². The summed E-state index contributed by atoms with van der Waals surface area (Å²) in [6, 6.07) is 8.68. The summed E-state index contributed by atoms with van der Waals surface area (Å²) in [7, 11) is 0. The number of anilines is 1. The molecule has 0 saturated heterocycles. The molecule has 0 unspecified atom stereocenters. The van der Waals surface area contributed by atoms with Gasteiger partial charge in [-0.05, 0) is 36.4 Å². The first-order valence-electron chi connectivity index (χ1n) is 5.63. The van der Waals surface area contributed by atoms with Crippen LogP contribution in [0.25, 0.3) is 0 Å². The minimum Gasteiger partial charge on any atom is -0.457 e. The van der Waals surface area contributed by atoms with Crippen molar-refractivity contribution in [2.75, 3.05) is 5.73 Å². The zero-order chi connectivity index (χ0) is 14.7. The Balaban J connectivity index is 2.12. The number of hydrogen-bond acceptors (Lipinski definition) is 3. The van der Waals surface area contributed by atoms with Gasteiger partial charge >= 0.3 is 5.97 Å². The lowest BCUT2D eigenvalue weighted by molar-refractivity contribution is 0.0473. The van der Waals surface area contributed by atoms with Crippen LogP contribution in [0.2, 0.25) is 5.02 Å². The SMILES string of the molecule is Nc1ccc(Cl)cc1C(=O)OCc1cc(F)ccc1Br. The van der Waals surface area contributed by atoms with E-state index < -0.39 is 11.8 Å². The fourth-order valence-corrected chi connectivity index (χ4v) is 2.11. The van der Waals surface area contributed by atoms with Crippen molar-refractivity contribution in [2.45, 2.75) is 6.61 Å². The summed E-state index contributed by atoms with van der Waals surface area (Å²) in [6.07, 6.45) is 0. The molecule has 2 rings (SSSR count). The maximum Gasteiger partial charge on any atom is 0.340 e. The highest BCUT2D eigenvalue weighted by atomic mass is 79.9. The van der Waals surface area contributed by atoms with Crippen LogP contribution < -0.4 is 5.73 Å². The van der Waals surface area contributed by atoms with E-state index in [1.807, 2.05) is 0 Å². The Labute approximate surface area is 128 Å².